The number of rotatable bonds is 4. The van der Waals surface area contributed by atoms with Crippen molar-refractivity contribution in [3.05, 3.63) is 42.8 Å². The maximum atomic E-state index is 5.23. The van der Waals surface area contributed by atoms with E-state index in [1.807, 2.05) is 12.1 Å². The number of aromatic nitrogens is 2. The van der Waals surface area contributed by atoms with Gasteiger partial charge in [0.25, 0.3) is 0 Å². The fraction of sp³-hybridized carbons (Fsp3) is 0.375. The lowest BCUT2D eigenvalue weighted by Gasteiger charge is -2.19. The number of nitrogens with one attached hydrogen (secondary N) is 1. The van der Waals surface area contributed by atoms with Crippen LogP contribution < -0.4 is 5.32 Å². The first-order valence-electron chi connectivity index (χ1n) is 7.17. The lowest BCUT2D eigenvalue weighted by molar-refractivity contribution is 0.472. The Morgan fingerprint density at radius 3 is 3.00 bits per heavy atom. The van der Waals surface area contributed by atoms with Crippen molar-refractivity contribution in [3.63, 3.8) is 0 Å². The van der Waals surface area contributed by atoms with Crippen molar-refractivity contribution in [3.8, 4) is 11.5 Å². The van der Waals surface area contributed by atoms with Crippen LogP contribution in [0, 0.1) is 17.8 Å². The van der Waals surface area contributed by atoms with Gasteiger partial charge in [0, 0.05) is 17.8 Å². The van der Waals surface area contributed by atoms with Gasteiger partial charge >= 0.3 is 0 Å². The van der Waals surface area contributed by atoms with Gasteiger partial charge in [-0.05, 0) is 48.8 Å². The minimum atomic E-state index is 0.566. The Kier molecular flexibility index (Phi) is 2.80. The van der Waals surface area contributed by atoms with Gasteiger partial charge in [0.15, 0.2) is 0 Å². The predicted molar refractivity (Wildman–Crippen MR) is 77.1 cm³/mol. The molecule has 3 atom stereocenters. The summed E-state index contributed by atoms with van der Waals surface area (Å²) in [5, 5.41) is 11.2. The molecule has 2 aliphatic rings. The summed E-state index contributed by atoms with van der Waals surface area (Å²) in [6, 6.07) is 8.15. The van der Waals surface area contributed by atoms with Gasteiger partial charge in [-0.3, -0.25) is 0 Å². The SMILES string of the molecule is C1=CC2CC1CC2CNc1cccc(-c2nnco2)c1. The molecular weight excluding hydrogens is 250 g/mol. The summed E-state index contributed by atoms with van der Waals surface area (Å²) in [5.41, 5.74) is 2.08. The van der Waals surface area contributed by atoms with Crippen LogP contribution in [0.15, 0.2) is 47.2 Å². The van der Waals surface area contributed by atoms with Crippen LogP contribution in [0.3, 0.4) is 0 Å². The molecule has 1 aromatic carbocycles. The van der Waals surface area contributed by atoms with Crippen LogP contribution >= 0.6 is 0 Å². The number of fused-ring (bicyclic) bond motifs is 2. The number of benzene rings is 1. The first kappa shape index (κ1) is 11.7. The maximum Gasteiger partial charge on any atom is 0.247 e. The summed E-state index contributed by atoms with van der Waals surface area (Å²) in [6.45, 7) is 1.04. The van der Waals surface area contributed by atoms with Crippen molar-refractivity contribution in [1.82, 2.24) is 10.2 Å². The van der Waals surface area contributed by atoms with E-state index in [9.17, 15) is 0 Å². The van der Waals surface area contributed by atoms with E-state index in [2.05, 4.69) is 39.8 Å². The monoisotopic (exact) mass is 267 g/mol. The van der Waals surface area contributed by atoms with E-state index >= 15 is 0 Å². The molecule has 1 saturated carbocycles. The highest BCUT2D eigenvalue weighted by molar-refractivity contribution is 5.60. The number of allylic oxidation sites excluding steroid dienone is 2. The van der Waals surface area contributed by atoms with Crippen molar-refractivity contribution in [2.75, 3.05) is 11.9 Å². The van der Waals surface area contributed by atoms with Crippen LogP contribution in [0.1, 0.15) is 12.8 Å². The van der Waals surface area contributed by atoms with Crippen LogP contribution in [0.5, 0.6) is 0 Å². The van der Waals surface area contributed by atoms with E-state index in [4.69, 9.17) is 4.42 Å². The van der Waals surface area contributed by atoms with Gasteiger partial charge in [0.05, 0.1) is 0 Å². The first-order chi connectivity index (χ1) is 9.88. The first-order valence-corrected chi connectivity index (χ1v) is 7.17. The Morgan fingerprint density at radius 1 is 1.25 bits per heavy atom. The van der Waals surface area contributed by atoms with E-state index in [0.717, 1.165) is 35.5 Å². The molecule has 102 valence electrons. The average Bonchev–Trinajstić information content (AvgIpc) is 3.22. The lowest BCUT2D eigenvalue weighted by atomic mass is 9.93. The van der Waals surface area contributed by atoms with Crippen molar-refractivity contribution in [2.45, 2.75) is 12.8 Å². The Hall–Kier alpha value is -2.10. The third-order valence-corrected chi connectivity index (χ3v) is 4.45. The quantitative estimate of drug-likeness (QED) is 0.863. The molecule has 0 radical (unpaired) electrons. The minimum absolute atomic E-state index is 0.566. The molecule has 0 spiro atoms. The summed E-state index contributed by atoms with van der Waals surface area (Å²) in [7, 11) is 0. The summed E-state index contributed by atoms with van der Waals surface area (Å²) in [4.78, 5) is 0. The van der Waals surface area contributed by atoms with Gasteiger partial charge in [-0.1, -0.05) is 18.2 Å². The third kappa shape index (κ3) is 2.11. The van der Waals surface area contributed by atoms with Gasteiger partial charge in [-0.15, -0.1) is 10.2 Å². The predicted octanol–water partition coefficient (Wildman–Crippen LogP) is 3.36. The van der Waals surface area contributed by atoms with Crippen LogP contribution in [-0.2, 0) is 0 Å². The van der Waals surface area contributed by atoms with Crippen molar-refractivity contribution < 1.29 is 4.42 Å². The van der Waals surface area contributed by atoms with Gasteiger partial charge < -0.3 is 9.73 Å². The third-order valence-electron chi connectivity index (χ3n) is 4.45. The normalized spacial score (nSPS) is 27.1. The van der Waals surface area contributed by atoms with Crippen LogP contribution in [-0.4, -0.2) is 16.7 Å². The van der Waals surface area contributed by atoms with E-state index in [0.29, 0.717) is 5.89 Å². The molecular formula is C16H17N3O. The number of anilines is 1. The van der Waals surface area contributed by atoms with E-state index in [1.54, 1.807) is 0 Å². The second kappa shape index (κ2) is 4.78. The van der Waals surface area contributed by atoms with Gasteiger partial charge in [-0.2, -0.15) is 0 Å². The summed E-state index contributed by atoms with van der Waals surface area (Å²) in [6.07, 6.45) is 8.83. The molecule has 0 aliphatic heterocycles. The van der Waals surface area contributed by atoms with E-state index in [1.165, 1.54) is 19.2 Å². The zero-order valence-corrected chi connectivity index (χ0v) is 11.2. The second-order valence-corrected chi connectivity index (χ2v) is 5.75. The highest BCUT2D eigenvalue weighted by Crippen LogP contribution is 2.43. The molecule has 3 unspecified atom stereocenters. The minimum Gasteiger partial charge on any atom is -0.423 e. The molecule has 1 fully saturated rings. The zero-order valence-electron chi connectivity index (χ0n) is 11.2. The molecule has 0 saturated heterocycles. The molecule has 2 bridgehead atoms. The summed E-state index contributed by atoms with van der Waals surface area (Å²) >= 11 is 0. The molecule has 1 heterocycles. The zero-order chi connectivity index (χ0) is 13.4. The number of hydrogen-bond acceptors (Lipinski definition) is 4. The van der Waals surface area contributed by atoms with E-state index in [-0.39, 0.29) is 0 Å². The standard InChI is InChI=1S/C16H17N3O/c1-2-13(16-19-18-10-20-16)8-15(3-1)17-9-14-7-11-4-5-12(14)6-11/h1-5,8,10-12,14,17H,6-7,9H2. The van der Waals surface area contributed by atoms with Crippen molar-refractivity contribution in [2.24, 2.45) is 17.8 Å². The molecule has 2 aliphatic carbocycles. The van der Waals surface area contributed by atoms with Gasteiger partial charge in [-0.25, -0.2) is 0 Å². The number of nitrogens with zero attached hydrogens (tertiary/aromatic N) is 2. The van der Waals surface area contributed by atoms with Crippen molar-refractivity contribution >= 4 is 5.69 Å². The number of hydrogen-bond donors (Lipinski definition) is 1. The molecule has 0 amide bonds. The van der Waals surface area contributed by atoms with Crippen LogP contribution in [0.25, 0.3) is 11.5 Å². The topological polar surface area (TPSA) is 51.0 Å². The lowest BCUT2D eigenvalue weighted by Crippen LogP contribution is -2.18. The Bertz CT molecular complexity index is 620. The van der Waals surface area contributed by atoms with Crippen LogP contribution in [0.4, 0.5) is 5.69 Å². The molecule has 4 heteroatoms. The van der Waals surface area contributed by atoms with E-state index < -0.39 is 0 Å². The molecule has 1 aromatic heterocycles. The van der Waals surface area contributed by atoms with Crippen LogP contribution in [0.2, 0.25) is 0 Å². The highest BCUT2D eigenvalue weighted by atomic mass is 16.4. The highest BCUT2D eigenvalue weighted by Gasteiger charge is 2.35. The smallest absolute Gasteiger partial charge is 0.247 e. The Labute approximate surface area is 117 Å². The molecule has 2 aromatic rings. The Balaban J connectivity index is 1.44. The summed E-state index contributed by atoms with van der Waals surface area (Å²) in [5.74, 6) is 2.96. The fourth-order valence-electron chi connectivity index (χ4n) is 3.44. The maximum absolute atomic E-state index is 5.23. The molecule has 4 nitrogen and oxygen atoms in total. The van der Waals surface area contributed by atoms with Gasteiger partial charge in [0.2, 0.25) is 12.3 Å². The summed E-state index contributed by atoms with van der Waals surface area (Å²) < 4.78 is 5.23. The molecule has 1 N–H and O–H groups in total. The average molecular weight is 267 g/mol. The second-order valence-electron chi connectivity index (χ2n) is 5.75. The largest absolute Gasteiger partial charge is 0.423 e. The fourth-order valence-corrected chi connectivity index (χ4v) is 3.44. The Morgan fingerprint density at radius 2 is 2.25 bits per heavy atom. The van der Waals surface area contributed by atoms with Gasteiger partial charge in [0.1, 0.15) is 0 Å². The molecule has 20 heavy (non-hydrogen) atoms. The van der Waals surface area contributed by atoms with Crippen molar-refractivity contribution in [1.29, 1.82) is 0 Å². The molecule has 4 rings (SSSR count).